The van der Waals surface area contributed by atoms with E-state index in [1.54, 1.807) is 25.1 Å². The Labute approximate surface area is 165 Å². The first-order valence-corrected chi connectivity index (χ1v) is 9.37. The highest BCUT2D eigenvalue weighted by atomic mass is 35.5. The van der Waals surface area contributed by atoms with E-state index in [2.05, 4.69) is 10.4 Å². The molecule has 28 heavy (non-hydrogen) atoms. The van der Waals surface area contributed by atoms with Crippen molar-refractivity contribution in [3.05, 3.63) is 45.7 Å². The number of aryl methyl sites for hydroxylation is 1. The van der Waals surface area contributed by atoms with E-state index in [-0.39, 0.29) is 23.4 Å². The minimum Gasteiger partial charge on any atom is -0.496 e. The van der Waals surface area contributed by atoms with Crippen molar-refractivity contribution < 1.29 is 22.7 Å². The van der Waals surface area contributed by atoms with E-state index in [9.17, 15) is 18.0 Å². The molecule has 1 N–H and O–H groups in total. The highest BCUT2D eigenvalue weighted by Crippen LogP contribution is 2.46. The zero-order valence-corrected chi connectivity index (χ0v) is 16.3. The summed E-state index contributed by atoms with van der Waals surface area (Å²) in [6, 6.07) is 5.19. The van der Waals surface area contributed by atoms with Gasteiger partial charge in [0.1, 0.15) is 5.75 Å². The van der Waals surface area contributed by atoms with E-state index in [1.807, 2.05) is 0 Å². The second kappa shape index (κ2) is 8.03. The molecule has 1 aromatic carbocycles. The zero-order chi connectivity index (χ0) is 20.5. The lowest BCUT2D eigenvalue weighted by Gasteiger charge is -2.11. The molecule has 1 aromatic heterocycles. The number of methoxy groups -OCH3 is 1. The van der Waals surface area contributed by atoms with Crippen molar-refractivity contribution in [2.24, 2.45) is 0 Å². The van der Waals surface area contributed by atoms with Crippen LogP contribution >= 0.6 is 11.6 Å². The minimum absolute atomic E-state index is 0.0325. The van der Waals surface area contributed by atoms with Crippen molar-refractivity contribution >= 4 is 17.5 Å². The largest absolute Gasteiger partial charge is 0.496 e. The molecule has 1 aliphatic carbocycles. The monoisotopic (exact) mass is 415 g/mol. The van der Waals surface area contributed by atoms with E-state index in [1.165, 1.54) is 11.8 Å². The quantitative estimate of drug-likeness (QED) is 0.674. The van der Waals surface area contributed by atoms with Gasteiger partial charge in [-0.1, -0.05) is 17.7 Å². The molecule has 0 aliphatic heterocycles. The number of amides is 1. The van der Waals surface area contributed by atoms with Crippen molar-refractivity contribution in [1.29, 1.82) is 0 Å². The van der Waals surface area contributed by atoms with Crippen LogP contribution in [0.4, 0.5) is 13.2 Å². The topological polar surface area (TPSA) is 56.1 Å². The number of hydrogen-bond acceptors (Lipinski definition) is 3. The SMILES string of the molecule is COc1cccc(C(=O)NCCCn2nc(C(F)(F)F)c(Cl)c2C2CC2)c1C. The Morgan fingerprint density at radius 2 is 2.11 bits per heavy atom. The van der Waals surface area contributed by atoms with Gasteiger partial charge in [0.15, 0.2) is 5.69 Å². The predicted octanol–water partition coefficient (Wildman–Crippen LogP) is 4.57. The predicted molar refractivity (Wildman–Crippen MR) is 98.9 cm³/mol. The minimum atomic E-state index is -4.58. The van der Waals surface area contributed by atoms with Gasteiger partial charge in [-0.3, -0.25) is 9.48 Å². The number of halogens is 4. The van der Waals surface area contributed by atoms with Gasteiger partial charge in [-0.15, -0.1) is 0 Å². The van der Waals surface area contributed by atoms with Crippen molar-refractivity contribution in [2.45, 2.75) is 44.8 Å². The van der Waals surface area contributed by atoms with Crippen LogP contribution in [0, 0.1) is 6.92 Å². The normalized spacial score (nSPS) is 14.2. The number of rotatable bonds is 7. The van der Waals surface area contributed by atoms with Gasteiger partial charge in [-0.05, 0) is 38.3 Å². The molecule has 0 bridgehead atoms. The van der Waals surface area contributed by atoms with Gasteiger partial charge in [0, 0.05) is 30.1 Å². The molecule has 5 nitrogen and oxygen atoms in total. The van der Waals surface area contributed by atoms with Gasteiger partial charge in [-0.2, -0.15) is 18.3 Å². The molecule has 3 rings (SSSR count). The third-order valence-corrected chi connectivity index (χ3v) is 5.12. The van der Waals surface area contributed by atoms with Crippen LogP contribution < -0.4 is 10.1 Å². The van der Waals surface area contributed by atoms with Crippen LogP contribution in [-0.2, 0) is 12.7 Å². The van der Waals surface area contributed by atoms with E-state index >= 15 is 0 Å². The van der Waals surface area contributed by atoms with E-state index < -0.39 is 11.9 Å². The molecule has 0 atom stereocenters. The van der Waals surface area contributed by atoms with Crippen molar-refractivity contribution in [2.75, 3.05) is 13.7 Å². The van der Waals surface area contributed by atoms with Gasteiger partial charge in [-0.25, -0.2) is 0 Å². The van der Waals surface area contributed by atoms with Crippen molar-refractivity contribution in [1.82, 2.24) is 15.1 Å². The Balaban J connectivity index is 1.62. The second-order valence-corrected chi connectivity index (χ2v) is 7.16. The van der Waals surface area contributed by atoms with Gasteiger partial charge in [0.25, 0.3) is 5.91 Å². The molecule has 0 spiro atoms. The van der Waals surface area contributed by atoms with E-state index in [0.29, 0.717) is 30.0 Å². The maximum atomic E-state index is 13.1. The summed E-state index contributed by atoms with van der Waals surface area (Å²) in [5, 5.41) is 6.17. The third-order valence-electron chi connectivity index (χ3n) is 4.75. The number of alkyl halides is 3. The van der Waals surface area contributed by atoms with Gasteiger partial charge in [0.2, 0.25) is 0 Å². The number of nitrogens with zero attached hydrogens (tertiary/aromatic N) is 2. The fourth-order valence-corrected chi connectivity index (χ4v) is 3.56. The summed E-state index contributed by atoms with van der Waals surface area (Å²) in [5.41, 5.74) is 0.641. The van der Waals surface area contributed by atoms with Crippen molar-refractivity contribution in [3.8, 4) is 5.75 Å². The van der Waals surface area contributed by atoms with Crippen LogP contribution in [0.5, 0.6) is 5.75 Å². The lowest BCUT2D eigenvalue weighted by Crippen LogP contribution is -2.26. The highest BCUT2D eigenvalue weighted by molar-refractivity contribution is 6.32. The summed E-state index contributed by atoms with van der Waals surface area (Å²) < 4.78 is 45.8. The number of ether oxygens (including phenoxy) is 1. The number of carbonyl (C=O) groups is 1. The number of benzene rings is 1. The van der Waals surface area contributed by atoms with Crippen LogP contribution in [-0.4, -0.2) is 29.3 Å². The molecule has 2 aromatic rings. The summed E-state index contributed by atoms with van der Waals surface area (Å²) >= 11 is 5.95. The maximum Gasteiger partial charge on any atom is 0.436 e. The highest BCUT2D eigenvalue weighted by Gasteiger charge is 2.41. The summed E-state index contributed by atoms with van der Waals surface area (Å²) in [4.78, 5) is 12.4. The summed E-state index contributed by atoms with van der Waals surface area (Å²) in [6.07, 6.45) is -2.52. The molecule has 1 aliphatic rings. The Morgan fingerprint density at radius 3 is 2.71 bits per heavy atom. The molecule has 9 heteroatoms. The number of hydrogen-bond donors (Lipinski definition) is 1. The average Bonchev–Trinajstić information content (AvgIpc) is 3.41. The zero-order valence-electron chi connectivity index (χ0n) is 15.6. The molecular formula is C19H21ClF3N3O2. The smallest absolute Gasteiger partial charge is 0.436 e. The maximum absolute atomic E-state index is 13.1. The molecule has 0 unspecified atom stereocenters. The third kappa shape index (κ3) is 4.27. The Kier molecular flexibility index (Phi) is 5.88. The average molecular weight is 416 g/mol. The Morgan fingerprint density at radius 1 is 1.39 bits per heavy atom. The molecule has 1 fully saturated rings. The molecule has 152 valence electrons. The standard InChI is InChI=1S/C19H21ClF3N3O2/c1-11-13(5-3-6-14(11)28-2)18(27)24-9-4-10-26-16(12-7-8-12)15(20)17(25-26)19(21,22)23/h3,5-6,12H,4,7-10H2,1-2H3,(H,24,27). The second-order valence-electron chi connectivity index (χ2n) is 6.79. The molecule has 1 saturated carbocycles. The van der Waals surface area contributed by atoms with E-state index in [0.717, 1.165) is 18.4 Å². The molecular weight excluding hydrogens is 395 g/mol. The van der Waals surface area contributed by atoms with Crippen LogP contribution in [0.25, 0.3) is 0 Å². The molecule has 0 saturated heterocycles. The van der Waals surface area contributed by atoms with Crippen LogP contribution in [0.1, 0.15) is 52.5 Å². The first kappa shape index (κ1) is 20.5. The Bertz CT molecular complexity index is 876. The van der Waals surface area contributed by atoms with Crippen LogP contribution in [0.15, 0.2) is 18.2 Å². The fourth-order valence-electron chi connectivity index (χ4n) is 3.16. The number of carbonyl (C=O) groups excluding carboxylic acids is 1. The molecule has 1 amide bonds. The lowest BCUT2D eigenvalue weighted by atomic mass is 10.1. The van der Waals surface area contributed by atoms with E-state index in [4.69, 9.17) is 16.3 Å². The van der Waals surface area contributed by atoms with Gasteiger partial charge >= 0.3 is 6.18 Å². The summed E-state index contributed by atoms with van der Waals surface area (Å²) in [5.74, 6) is 0.394. The Hall–Kier alpha value is -2.22. The van der Waals surface area contributed by atoms with Gasteiger partial charge < -0.3 is 10.1 Å². The number of aromatic nitrogens is 2. The molecule has 0 radical (unpaired) electrons. The summed E-state index contributed by atoms with van der Waals surface area (Å²) in [7, 11) is 1.53. The lowest BCUT2D eigenvalue weighted by molar-refractivity contribution is -0.141. The first-order chi connectivity index (χ1) is 13.2. The van der Waals surface area contributed by atoms with Gasteiger partial charge in [0.05, 0.1) is 17.8 Å². The van der Waals surface area contributed by atoms with Crippen molar-refractivity contribution in [3.63, 3.8) is 0 Å². The first-order valence-electron chi connectivity index (χ1n) is 8.99. The molecule has 1 heterocycles. The van der Waals surface area contributed by atoms with Crippen LogP contribution in [0.3, 0.4) is 0 Å². The van der Waals surface area contributed by atoms with Crippen LogP contribution in [0.2, 0.25) is 5.02 Å². The summed E-state index contributed by atoms with van der Waals surface area (Å²) in [6.45, 7) is 2.34. The number of nitrogens with one attached hydrogen (secondary N) is 1. The fraction of sp³-hybridized carbons (Fsp3) is 0.474.